The molecule has 3 heteroatoms. The van der Waals surface area contributed by atoms with E-state index in [2.05, 4.69) is 10.1 Å². The Morgan fingerprint density at radius 3 is 2.40 bits per heavy atom. The van der Waals surface area contributed by atoms with Crippen molar-refractivity contribution in [3.05, 3.63) is 42.0 Å². The zero-order chi connectivity index (χ0) is 11.3. The SMILES string of the molecule is CC.Cc1ccc(-n2cccn2)c(C)n1. The summed E-state index contributed by atoms with van der Waals surface area (Å²) in [7, 11) is 0. The predicted molar refractivity (Wildman–Crippen MR) is 62.2 cm³/mol. The Hall–Kier alpha value is -1.64. The maximum absolute atomic E-state index is 4.37. The van der Waals surface area contributed by atoms with Gasteiger partial charge in [-0.25, -0.2) is 4.68 Å². The first kappa shape index (κ1) is 11.4. The van der Waals surface area contributed by atoms with Crippen LogP contribution in [0, 0.1) is 13.8 Å². The van der Waals surface area contributed by atoms with Crippen LogP contribution in [0.15, 0.2) is 30.6 Å². The maximum atomic E-state index is 4.37. The third kappa shape index (κ3) is 2.65. The van der Waals surface area contributed by atoms with Gasteiger partial charge in [-0.05, 0) is 32.0 Å². The van der Waals surface area contributed by atoms with Crippen LogP contribution in [-0.4, -0.2) is 14.8 Å². The molecule has 2 heterocycles. The van der Waals surface area contributed by atoms with Gasteiger partial charge in [-0.2, -0.15) is 5.10 Å². The number of hydrogen-bond donors (Lipinski definition) is 0. The van der Waals surface area contributed by atoms with E-state index in [1.54, 1.807) is 6.20 Å². The molecule has 0 aliphatic rings. The summed E-state index contributed by atoms with van der Waals surface area (Å²) in [5, 5.41) is 4.15. The Labute approximate surface area is 90.8 Å². The summed E-state index contributed by atoms with van der Waals surface area (Å²) >= 11 is 0. The molecule has 2 rings (SSSR count). The fraction of sp³-hybridized carbons (Fsp3) is 0.333. The third-order valence-corrected chi connectivity index (χ3v) is 1.95. The summed E-state index contributed by atoms with van der Waals surface area (Å²) in [6.07, 6.45) is 3.68. The van der Waals surface area contributed by atoms with Gasteiger partial charge < -0.3 is 0 Å². The first-order valence-corrected chi connectivity index (χ1v) is 5.21. The van der Waals surface area contributed by atoms with Crippen LogP contribution in [0.1, 0.15) is 25.2 Å². The molecule has 0 bridgehead atoms. The zero-order valence-corrected chi connectivity index (χ0v) is 9.73. The van der Waals surface area contributed by atoms with Gasteiger partial charge in [-0.15, -0.1) is 0 Å². The van der Waals surface area contributed by atoms with E-state index in [1.807, 2.05) is 56.8 Å². The smallest absolute Gasteiger partial charge is 0.0858 e. The Morgan fingerprint density at radius 1 is 1.13 bits per heavy atom. The van der Waals surface area contributed by atoms with Crippen LogP contribution in [0.3, 0.4) is 0 Å². The Balaban J connectivity index is 0.000000531. The van der Waals surface area contributed by atoms with Crippen molar-refractivity contribution in [3.63, 3.8) is 0 Å². The number of aryl methyl sites for hydroxylation is 2. The number of nitrogens with zero attached hydrogens (tertiary/aromatic N) is 3. The average molecular weight is 203 g/mol. The second kappa shape index (κ2) is 5.29. The van der Waals surface area contributed by atoms with E-state index in [4.69, 9.17) is 0 Å². The molecule has 0 aliphatic heterocycles. The summed E-state index contributed by atoms with van der Waals surface area (Å²) in [6.45, 7) is 7.98. The second-order valence-electron chi connectivity index (χ2n) is 3.01. The minimum Gasteiger partial charge on any atom is -0.256 e. The highest BCUT2D eigenvalue weighted by atomic mass is 15.3. The van der Waals surface area contributed by atoms with Gasteiger partial charge in [0.2, 0.25) is 0 Å². The third-order valence-electron chi connectivity index (χ3n) is 1.95. The molecule has 0 saturated carbocycles. The molecule has 0 fully saturated rings. The van der Waals surface area contributed by atoms with Crippen LogP contribution in [-0.2, 0) is 0 Å². The highest BCUT2D eigenvalue weighted by molar-refractivity contribution is 5.35. The van der Waals surface area contributed by atoms with Gasteiger partial charge in [0, 0.05) is 18.1 Å². The van der Waals surface area contributed by atoms with Crippen LogP contribution in [0.25, 0.3) is 5.69 Å². The molecular formula is C12H17N3. The van der Waals surface area contributed by atoms with E-state index in [-0.39, 0.29) is 0 Å². The van der Waals surface area contributed by atoms with Crippen molar-refractivity contribution in [1.82, 2.24) is 14.8 Å². The van der Waals surface area contributed by atoms with Gasteiger partial charge in [0.05, 0.1) is 11.4 Å². The molecule has 0 aromatic carbocycles. The molecule has 15 heavy (non-hydrogen) atoms. The van der Waals surface area contributed by atoms with Crippen molar-refractivity contribution >= 4 is 0 Å². The molecule has 80 valence electrons. The Kier molecular flexibility index (Phi) is 4.03. The summed E-state index contributed by atoms with van der Waals surface area (Å²) < 4.78 is 1.82. The summed E-state index contributed by atoms with van der Waals surface area (Å²) in [6, 6.07) is 5.92. The van der Waals surface area contributed by atoms with Gasteiger partial charge in [-0.3, -0.25) is 4.98 Å². The van der Waals surface area contributed by atoms with E-state index >= 15 is 0 Å². The van der Waals surface area contributed by atoms with Crippen molar-refractivity contribution < 1.29 is 0 Å². The molecule has 0 atom stereocenters. The first-order chi connectivity index (χ1) is 7.27. The molecule has 0 unspecified atom stereocenters. The van der Waals surface area contributed by atoms with E-state index in [1.165, 1.54) is 0 Å². The fourth-order valence-electron chi connectivity index (χ4n) is 1.33. The topological polar surface area (TPSA) is 30.7 Å². The van der Waals surface area contributed by atoms with Crippen molar-refractivity contribution in [2.45, 2.75) is 27.7 Å². The van der Waals surface area contributed by atoms with Crippen LogP contribution >= 0.6 is 0 Å². The molecule has 2 aromatic rings. The van der Waals surface area contributed by atoms with E-state index < -0.39 is 0 Å². The molecule has 3 nitrogen and oxygen atoms in total. The largest absolute Gasteiger partial charge is 0.256 e. The molecule has 0 spiro atoms. The molecule has 0 saturated heterocycles. The monoisotopic (exact) mass is 203 g/mol. The lowest BCUT2D eigenvalue weighted by molar-refractivity contribution is 0.858. The van der Waals surface area contributed by atoms with Gasteiger partial charge in [0.25, 0.3) is 0 Å². The second-order valence-corrected chi connectivity index (χ2v) is 3.01. The molecule has 0 aliphatic carbocycles. The minimum atomic E-state index is 1.00. The van der Waals surface area contributed by atoms with Crippen LogP contribution in [0.2, 0.25) is 0 Å². The van der Waals surface area contributed by atoms with Crippen LogP contribution < -0.4 is 0 Å². The lowest BCUT2D eigenvalue weighted by atomic mass is 10.3. The maximum Gasteiger partial charge on any atom is 0.0858 e. The van der Waals surface area contributed by atoms with Crippen LogP contribution in [0.4, 0.5) is 0 Å². The van der Waals surface area contributed by atoms with Gasteiger partial charge in [0.15, 0.2) is 0 Å². The zero-order valence-electron chi connectivity index (χ0n) is 9.73. The standard InChI is InChI=1S/C10H11N3.C2H6/c1-8-4-5-10(9(2)12-8)13-7-3-6-11-13;1-2/h3-7H,1-2H3;1-2H3. The number of pyridine rings is 1. The van der Waals surface area contributed by atoms with Gasteiger partial charge in [-0.1, -0.05) is 13.8 Å². The Morgan fingerprint density at radius 2 is 1.87 bits per heavy atom. The molecular weight excluding hydrogens is 186 g/mol. The molecule has 2 aromatic heterocycles. The number of hydrogen-bond acceptors (Lipinski definition) is 2. The predicted octanol–water partition coefficient (Wildman–Crippen LogP) is 2.91. The van der Waals surface area contributed by atoms with Gasteiger partial charge >= 0.3 is 0 Å². The van der Waals surface area contributed by atoms with E-state index in [0.29, 0.717) is 0 Å². The van der Waals surface area contributed by atoms with E-state index in [0.717, 1.165) is 17.1 Å². The van der Waals surface area contributed by atoms with Gasteiger partial charge in [0.1, 0.15) is 0 Å². The number of aromatic nitrogens is 3. The summed E-state index contributed by atoms with van der Waals surface area (Å²) in [5.41, 5.74) is 3.08. The van der Waals surface area contributed by atoms with Crippen molar-refractivity contribution in [3.8, 4) is 5.69 Å². The van der Waals surface area contributed by atoms with E-state index in [9.17, 15) is 0 Å². The quantitative estimate of drug-likeness (QED) is 0.713. The lowest BCUT2D eigenvalue weighted by Crippen LogP contribution is -1.99. The van der Waals surface area contributed by atoms with Crippen LogP contribution in [0.5, 0.6) is 0 Å². The highest BCUT2D eigenvalue weighted by Crippen LogP contribution is 2.10. The lowest BCUT2D eigenvalue weighted by Gasteiger charge is -2.04. The van der Waals surface area contributed by atoms with Crippen molar-refractivity contribution in [2.24, 2.45) is 0 Å². The highest BCUT2D eigenvalue weighted by Gasteiger charge is 2.01. The summed E-state index contributed by atoms with van der Waals surface area (Å²) in [5.74, 6) is 0. The fourth-order valence-corrected chi connectivity index (χ4v) is 1.33. The molecule has 0 amide bonds. The molecule has 0 radical (unpaired) electrons. The summed E-state index contributed by atoms with van der Waals surface area (Å²) in [4.78, 5) is 4.37. The average Bonchev–Trinajstić information content (AvgIpc) is 2.74. The van der Waals surface area contributed by atoms with Crippen molar-refractivity contribution in [1.29, 1.82) is 0 Å². The molecule has 0 N–H and O–H groups in total. The van der Waals surface area contributed by atoms with Crippen molar-refractivity contribution in [2.75, 3.05) is 0 Å². The normalized spacial score (nSPS) is 9.33. The first-order valence-electron chi connectivity index (χ1n) is 5.21. The number of rotatable bonds is 1. The minimum absolute atomic E-state index is 1.00. The Bertz CT molecular complexity index is 405.